The topological polar surface area (TPSA) is 107 Å². The number of nitrogens with one attached hydrogen (secondary N) is 2. The monoisotopic (exact) mass is 305 g/mol. The first-order chi connectivity index (χ1) is 10.6. The molecule has 1 unspecified atom stereocenters. The third-order valence-electron chi connectivity index (χ3n) is 4.36. The van der Waals surface area contributed by atoms with Crippen molar-refractivity contribution >= 4 is 12.0 Å². The lowest BCUT2D eigenvalue weighted by atomic mass is 9.90. The molecule has 3 rings (SSSR count). The van der Waals surface area contributed by atoms with Crippen LogP contribution in [0.25, 0.3) is 0 Å². The molecule has 1 aromatic heterocycles. The standard InChI is InChI=1S/C14H19N5O3/c20-11(10-2-7-15-8-3-10)18-14(4-9-19(14)13(21)22)12-16-5-1-6-17-12/h1,5-6,10,15H,2-4,7-9H2,(H,18,20)(H,21,22). The van der Waals surface area contributed by atoms with Crippen molar-refractivity contribution in [2.45, 2.75) is 24.9 Å². The van der Waals surface area contributed by atoms with Gasteiger partial charge in [-0.25, -0.2) is 14.8 Å². The summed E-state index contributed by atoms with van der Waals surface area (Å²) in [6, 6.07) is 1.66. The van der Waals surface area contributed by atoms with E-state index in [1.165, 1.54) is 4.90 Å². The van der Waals surface area contributed by atoms with Crippen LogP contribution in [0.4, 0.5) is 4.79 Å². The van der Waals surface area contributed by atoms with Crippen LogP contribution < -0.4 is 10.6 Å². The van der Waals surface area contributed by atoms with Gasteiger partial charge in [0.25, 0.3) is 0 Å². The normalized spacial score (nSPS) is 25.4. The lowest BCUT2D eigenvalue weighted by Gasteiger charge is -2.50. The zero-order valence-electron chi connectivity index (χ0n) is 12.2. The zero-order valence-corrected chi connectivity index (χ0v) is 12.2. The van der Waals surface area contributed by atoms with E-state index >= 15 is 0 Å². The van der Waals surface area contributed by atoms with Gasteiger partial charge in [-0.1, -0.05) is 0 Å². The van der Waals surface area contributed by atoms with Crippen LogP contribution in [0.1, 0.15) is 25.1 Å². The molecule has 2 fully saturated rings. The maximum Gasteiger partial charge on any atom is 0.409 e. The van der Waals surface area contributed by atoms with Crippen LogP contribution in [0.15, 0.2) is 18.5 Å². The second kappa shape index (κ2) is 5.88. The summed E-state index contributed by atoms with van der Waals surface area (Å²) < 4.78 is 0. The van der Waals surface area contributed by atoms with Gasteiger partial charge in [0, 0.05) is 31.3 Å². The molecule has 0 aliphatic carbocycles. The van der Waals surface area contributed by atoms with Crippen molar-refractivity contribution in [1.82, 2.24) is 25.5 Å². The van der Waals surface area contributed by atoms with Gasteiger partial charge in [-0.3, -0.25) is 9.69 Å². The fourth-order valence-electron chi connectivity index (χ4n) is 3.03. The molecule has 0 saturated carbocycles. The second-order valence-electron chi connectivity index (χ2n) is 5.63. The first kappa shape index (κ1) is 14.7. The summed E-state index contributed by atoms with van der Waals surface area (Å²) in [5.41, 5.74) is -1.13. The van der Waals surface area contributed by atoms with Crippen molar-refractivity contribution < 1.29 is 14.7 Å². The van der Waals surface area contributed by atoms with Crippen LogP contribution in [0, 0.1) is 5.92 Å². The summed E-state index contributed by atoms with van der Waals surface area (Å²) in [5.74, 6) is 0.101. The van der Waals surface area contributed by atoms with Gasteiger partial charge >= 0.3 is 6.09 Å². The Morgan fingerprint density at radius 1 is 1.32 bits per heavy atom. The van der Waals surface area contributed by atoms with E-state index in [2.05, 4.69) is 20.6 Å². The Hall–Kier alpha value is -2.22. The molecule has 0 aromatic carbocycles. The summed E-state index contributed by atoms with van der Waals surface area (Å²) in [6.07, 6.45) is 4.03. The summed E-state index contributed by atoms with van der Waals surface area (Å²) in [4.78, 5) is 33.5. The number of hydrogen-bond donors (Lipinski definition) is 3. The van der Waals surface area contributed by atoms with Gasteiger partial charge in [-0.2, -0.15) is 0 Å². The molecule has 2 aliphatic heterocycles. The van der Waals surface area contributed by atoms with E-state index in [0.717, 1.165) is 25.9 Å². The van der Waals surface area contributed by atoms with Crippen LogP contribution in [0.5, 0.6) is 0 Å². The Morgan fingerprint density at radius 3 is 2.55 bits per heavy atom. The molecule has 22 heavy (non-hydrogen) atoms. The third-order valence-corrected chi connectivity index (χ3v) is 4.36. The molecule has 0 radical (unpaired) electrons. The largest absolute Gasteiger partial charge is 0.465 e. The maximum atomic E-state index is 12.5. The number of rotatable bonds is 3. The molecule has 3 heterocycles. The number of carbonyl (C=O) groups is 2. The van der Waals surface area contributed by atoms with Gasteiger partial charge in [0.05, 0.1) is 0 Å². The van der Waals surface area contributed by atoms with Crippen molar-refractivity contribution in [3.63, 3.8) is 0 Å². The average Bonchev–Trinajstić information content (AvgIpc) is 2.52. The molecule has 8 heteroatoms. The minimum Gasteiger partial charge on any atom is -0.465 e. The Morgan fingerprint density at radius 2 is 2.00 bits per heavy atom. The minimum atomic E-state index is -1.13. The maximum absolute atomic E-state index is 12.5. The van der Waals surface area contributed by atoms with Crippen molar-refractivity contribution in [1.29, 1.82) is 0 Å². The fraction of sp³-hybridized carbons (Fsp3) is 0.571. The molecular weight excluding hydrogens is 286 g/mol. The van der Waals surface area contributed by atoms with Crippen molar-refractivity contribution in [3.05, 3.63) is 24.3 Å². The second-order valence-corrected chi connectivity index (χ2v) is 5.63. The summed E-state index contributed by atoms with van der Waals surface area (Å²) in [5, 5.41) is 15.5. The Labute approximate surface area is 127 Å². The first-order valence-electron chi connectivity index (χ1n) is 7.44. The van der Waals surface area contributed by atoms with Gasteiger partial charge in [-0.05, 0) is 32.0 Å². The van der Waals surface area contributed by atoms with E-state index in [1.807, 2.05) is 0 Å². The molecule has 1 aromatic rings. The highest BCUT2D eigenvalue weighted by Gasteiger charge is 2.53. The molecule has 0 bridgehead atoms. The molecule has 2 saturated heterocycles. The lowest BCUT2D eigenvalue weighted by molar-refractivity contribution is -0.135. The number of likely N-dealkylation sites (tertiary alicyclic amines) is 1. The number of piperidine rings is 1. The highest BCUT2D eigenvalue weighted by molar-refractivity contribution is 5.81. The summed E-state index contributed by atoms with van der Waals surface area (Å²) >= 11 is 0. The molecule has 1 atom stereocenters. The smallest absolute Gasteiger partial charge is 0.409 e. The van der Waals surface area contributed by atoms with E-state index in [1.54, 1.807) is 18.5 Å². The van der Waals surface area contributed by atoms with Crippen molar-refractivity contribution in [2.75, 3.05) is 19.6 Å². The summed E-state index contributed by atoms with van der Waals surface area (Å²) in [6.45, 7) is 1.96. The van der Waals surface area contributed by atoms with Gasteiger partial charge in [0.2, 0.25) is 5.91 Å². The van der Waals surface area contributed by atoms with Gasteiger partial charge in [-0.15, -0.1) is 0 Å². The highest BCUT2D eigenvalue weighted by atomic mass is 16.4. The quantitative estimate of drug-likeness (QED) is 0.732. The third kappa shape index (κ3) is 2.50. The van der Waals surface area contributed by atoms with E-state index in [4.69, 9.17) is 0 Å². The molecule has 118 valence electrons. The summed E-state index contributed by atoms with van der Waals surface area (Å²) in [7, 11) is 0. The lowest BCUT2D eigenvalue weighted by Crippen LogP contribution is -2.69. The number of nitrogens with zero attached hydrogens (tertiary/aromatic N) is 3. The van der Waals surface area contributed by atoms with Crippen LogP contribution in [0.2, 0.25) is 0 Å². The molecular formula is C14H19N5O3. The number of amides is 2. The van der Waals surface area contributed by atoms with Crippen LogP contribution in [-0.4, -0.2) is 51.6 Å². The number of carbonyl (C=O) groups excluding carboxylic acids is 1. The molecule has 3 N–H and O–H groups in total. The Balaban J connectivity index is 1.83. The average molecular weight is 305 g/mol. The van der Waals surface area contributed by atoms with Crippen LogP contribution in [-0.2, 0) is 10.5 Å². The minimum absolute atomic E-state index is 0.0990. The van der Waals surface area contributed by atoms with Crippen molar-refractivity contribution in [2.24, 2.45) is 5.92 Å². The predicted octanol–water partition coefficient (Wildman–Crippen LogP) is 0.129. The van der Waals surface area contributed by atoms with Gasteiger partial charge in [0.15, 0.2) is 11.5 Å². The van der Waals surface area contributed by atoms with Crippen molar-refractivity contribution in [3.8, 4) is 0 Å². The predicted molar refractivity (Wildman–Crippen MR) is 76.8 cm³/mol. The molecule has 2 amide bonds. The zero-order chi connectivity index (χ0) is 15.6. The first-order valence-corrected chi connectivity index (χ1v) is 7.44. The SMILES string of the molecule is O=C(NC1(c2ncccn2)CCN1C(=O)O)C1CCNCC1. The van der Waals surface area contributed by atoms with E-state index in [9.17, 15) is 14.7 Å². The Bertz CT molecular complexity index is 561. The van der Waals surface area contributed by atoms with Crippen LogP contribution in [0.3, 0.4) is 0 Å². The molecule has 0 spiro atoms. The molecule has 8 nitrogen and oxygen atoms in total. The van der Waals surface area contributed by atoms with E-state index in [-0.39, 0.29) is 11.8 Å². The van der Waals surface area contributed by atoms with Gasteiger partial charge < -0.3 is 15.7 Å². The number of aromatic nitrogens is 2. The number of carboxylic acid groups (broad SMARTS) is 1. The fourth-order valence-corrected chi connectivity index (χ4v) is 3.03. The van der Waals surface area contributed by atoms with E-state index < -0.39 is 11.8 Å². The molecule has 2 aliphatic rings. The highest BCUT2D eigenvalue weighted by Crippen LogP contribution is 2.36. The Kier molecular flexibility index (Phi) is 3.93. The number of hydrogen-bond acceptors (Lipinski definition) is 5. The van der Waals surface area contributed by atoms with Gasteiger partial charge in [0.1, 0.15) is 0 Å². The van der Waals surface area contributed by atoms with E-state index in [0.29, 0.717) is 18.8 Å². The van der Waals surface area contributed by atoms with Crippen LogP contribution >= 0.6 is 0 Å².